The monoisotopic (exact) mass is 271 g/mol. The van der Waals surface area contributed by atoms with Crippen LogP contribution in [0.5, 0.6) is 0 Å². The van der Waals surface area contributed by atoms with Crippen LogP contribution in [-0.4, -0.2) is 9.55 Å². The molecule has 74 valence electrons. The second-order valence-corrected chi connectivity index (χ2v) is 4.65. The van der Waals surface area contributed by atoms with Gasteiger partial charge in [-0.2, -0.15) is 11.3 Å². The first-order valence-electron chi connectivity index (χ1n) is 4.14. The van der Waals surface area contributed by atoms with Gasteiger partial charge in [0.15, 0.2) is 0 Å². The smallest absolute Gasteiger partial charge is 0.130 e. The molecule has 2 aromatic rings. The predicted octanol–water partition coefficient (Wildman–Crippen LogP) is 2.29. The minimum absolute atomic E-state index is 0.157. The molecule has 0 bridgehead atoms. The number of aromatic nitrogens is 2. The Bertz CT molecular complexity index is 394. The standard InChI is InChI=1S/C9H10BrN3S/c1-13-3-2-12-9(13)8(11)6-4-14-5-7(6)10/h2-5,8H,11H2,1H3. The Morgan fingerprint density at radius 1 is 1.57 bits per heavy atom. The Hall–Kier alpha value is -0.650. The summed E-state index contributed by atoms with van der Waals surface area (Å²) in [7, 11) is 1.95. The first kappa shape index (κ1) is 9.89. The third-order valence-corrected chi connectivity index (χ3v) is 3.87. The number of rotatable bonds is 2. The lowest BCUT2D eigenvalue weighted by Gasteiger charge is -2.10. The molecule has 1 atom stereocenters. The molecular formula is C9H10BrN3S. The molecule has 3 nitrogen and oxygen atoms in total. The van der Waals surface area contributed by atoms with E-state index in [-0.39, 0.29) is 6.04 Å². The maximum atomic E-state index is 6.10. The van der Waals surface area contributed by atoms with Crippen molar-refractivity contribution in [3.63, 3.8) is 0 Å². The number of nitrogens with two attached hydrogens (primary N) is 1. The average Bonchev–Trinajstić information content (AvgIpc) is 2.73. The van der Waals surface area contributed by atoms with Crippen molar-refractivity contribution in [3.8, 4) is 0 Å². The van der Waals surface area contributed by atoms with Gasteiger partial charge in [-0.1, -0.05) is 0 Å². The van der Waals surface area contributed by atoms with E-state index >= 15 is 0 Å². The van der Waals surface area contributed by atoms with Crippen LogP contribution in [0.4, 0.5) is 0 Å². The van der Waals surface area contributed by atoms with Crippen LogP contribution < -0.4 is 5.73 Å². The van der Waals surface area contributed by atoms with Crippen molar-refractivity contribution in [1.82, 2.24) is 9.55 Å². The van der Waals surface area contributed by atoms with Gasteiger partial charge in [0, 0.05) is 34.9 Å². The molecule has 0 amide bonds. The molecule has 2 N–H and O–H groups in total. The molecule has 0 saturated carbocycles. The zero-order chi connectivity index (χ0) is 10.1. The van der Waals surface area contributed by atoms with Gasteiger partial charge < -0.3 is 10.3 Å². The molecule has 2 rings (SSSR count). The van der Waals surface area contributed by atoms with E-state index in [0.717, 1.165) is 15.9 Å². The molecule has 2 heterocycles. The van der Waals surface area contributed by atoms with Gasteiger partial charge in [0.25, 0.3) is 0 Å². The summed E-state index contributed by atoms with van der Waals surface area (Å²) in [5, 5.41) is 4.07. The molecule has 0 radical (unpaired) electrons. The van der Waals surface area contributed by atoms with Crippen molar-refractivity contribution in [2.75, 3.05) is 0 Å². The van der Waals surface area contributed by atoms with Gasteiger partial charge in [0.1, 0.15) is 5.82 Å². The summed E-state index contributed by atoms with van der Waals surface area (Å²) < 4.78 is 2.99. The highest BCUT2D eigenvalue weighted by molar-refractivity contribution is 9.10. The maximum Gasteiger partial charge on any atom is 0.130 e. The van der Waals surface area contributed by atoms with E-state index < -0.39 is 0 Å². The van der Waals surface area contributed by atoms with E-state index in [2.05, 4.69) is 20.9 Å². The Morgan fingerprint density at radius 3 is 2.86 bits per heavy atom. The van der Waals surface area contributed by atoms with Crippen molar-refractivity contribution in [1.29, 1.82) is 0 Å². The molecule has 0 fully saturated rings. The number of aryl methyl sites for hydroxylation is 1. The lowest BCUT2D eigenvalue weighted by molar-refractivity contribution is 0.717. The average molecular weight is 272 g/mol. The van der Waals surface area contributed by atoms with Crippen LogP contribution in [0.3, 0.4) is 0 Å². The Labute approximate surface area is 94.7 Å². The Kier molecular flexibility index (Phi) is 2.71. The van der Waals surface area contributed by atoms with Crippen LogP contribution in [0.25, 0.3) is 0 Å². The molecule has 0 saturated heterocycles. The third kappa shape index (κ3) is 1.63. The summed E-state index contributed by atoms with van der Waals surface area (Å²) in [5.41, 5.74) is 7.19. The van der Waals surface area contributed by atoms with Crippen LogP contribution in [-0.2, 0) is 7.05 Å². The van der Waals surface area contributed by atoms with Gasteiger partial charge in [-0.15, -0.1) is 0 Å². The first-order chi connectivity index (χ1) is 6.70. The molecule has 0 aliphatic rings. The molecule has 2 aromatic heterocycles. The summed E-state index contributed by atoms with van der Waals surface area (Å²) in [4.78, 5) is 4.23. The molecule has 0 aliphatic carbocycles. The number of hydrogen-bond acceptors (Lipinski definition) is 3. The van der Waals surface area contributed by atoms with E-state index in [1.165, 1.54) is 0 Å². The van der Waals surface area contributed by atoms with Gasteiger partial charge in [-0.05, 0) is 21.3 Å². The fourth-order valence-electron chi connectivity index (χ4n) is 1.33. The largest absolute Gasteiger partial charge is 0.336 e. The van der Waals surface area contributed by atoms with Crippen molar-refractivity contribution >= 4 is 27.3 Å². The summed E-state index contributed by atoms with van der Waals surface area (Å²) >= 11 is 5.10. The fraction of sp³-hybridized carbons (Fsp3) is 0.222. The lowest BCUT2D eigenvalue weighted by Crippen LogP contribution is -2.16. The van der Waals surface area contributed by atoms with Crippen LogP contribution >= 0.6 is 27.3 Å². The summed E-state index contributed by atoms with van der Waals surface area (Å²) in [5.74, 6) is 0.879. The third-order valence-electron chi connectivity index (χ3n) is 2.11. The summed E-state index contributed by atoms with van der Waals surface area (Å²) in [6.07, 6.45) is 3.66. The molecule has 0 spiro atoms. The van der Waals surface area contributed by atoms with Gasteiger partial charge in [-0.25, -0.2) is 4.98 Å². The van der Waals surface area contributed by atoms with Crippen LogP contribution in [0.1, 0.15) is 17.4 Å². The van der Waals surface area contributed by atoms with Gasteiger partial charge in [0.05, 0.1) is 6.04 Å². The number of halogens is 1. The molecule has 5 heteroatoms. The highest BCUT2D eigenvalue weighted by atomic mass is 79.9. The second kappa shape index (κ2) is 3.84. The predicted molar refractivity (Wildman–Crippen MR) is 61.3 cm³/mol. The first-order valence-corrected chi connectivity index (χ1v) is 5.88. The Morgan fingerprint density at radius 2 is 2.36 bits per heavy atom. The van der Waals surface area contributed by atoms with Gasteiger partial charge >= 0.3 is 0 Å². The second-order valence-electron chi connectivity index (χ2n) is 3.05. The zero-order valence-corrected chi connectivity index (χ0v) is 10.0. The van der Waals surface area contributed by atoms with Crippen molar-refractivity contribution in [2.24, 2.45) is 12.8 Å². The van der Waals surface area contributed by atoms with Gasteiger partial charge in [-0.3, -0.25) is 0 Å². The summed E-state index contributed by atoms with van der Waals surface area (Å²) in [6, 6.07) is -0.157. The van der Waals surface area contributed by atoms with E-state index in [1.54, 1.807) is 17.5 Å². The molecule has 1 unspecified atom stereocenters. The highest BCUT2D eigenvalue weighted by Crippen LogP contribution is 2.28. The van der Waals surface area contributed by atoms with Crippen LogP contribution in [0, 0.1) is 0 Å². The van der Waals surface area contributed by atoms with E-state index in [9.17, 15) is 0 Å². The quantitative estimate of drug-likeness (QED) is 0.911. The fourth-order valence-corrected chi connectivity index (χ4v) is 2.91. The summed E-state index contributed by atoms with van der Waals surface area (Å²) in [6.45, 7) is 0. The van der Waals surface area contributed by atoms with E-state index in [1.807, 2.05) is 28.6 Å². The SMILES string of the molecule is Cn1ccnc1C(N)c1cscc1Br. The molecule has 14 heavy (non-hydrogen) atoms. The number of hydrogen-bond donors (Lipinski definition) is 1. The highest BCUT2D eigenvalue weighted by Gasteiger charge is 2.16. The number of thiophene rings is 1. The van der Waals surface area contributed by atoms with Crippen molar-refractivity contribution < 1.29 is 0 Å². The molecule has 0 aliphatic heterocycles. The minimum atomic E-state index is -0.157. The van der Waals surface area contributed by atoms with E-state index in [0.29, 0.717) is 0 Å². The minimum Gasteiger partial charge on any atom is -0.336 e. The zero-order valence-electron chi connectivity index (χ0n) is 7.64. The van der Waals surface area contributed by atoms with Crippen LogP contribution in [0.2, 0.25) is 0 Å². The van der Waals surface area contributed by atoms with Crippen molar-refractivity contribution in [2.45, 2.75) is 6.04 Å². The molecule has 0 aromatic carbocycles. The lowest BCUT2D eigenvalue weighted by atomic mass is 10.1. The number of imidazole rings is 1. The molecular weight excluding hydrogens is 262 g/mol. The van der Waals surface area contributed by atoms with Gasteiger partial charge in [0.2, 0.25) is 0 Å². The Balaban J connectivity index is 2.38. The number of nitrogens with zero attached hydrogens (tertiary/aromatic N) is 2. The topological polar surface area (TPSA) is 43.8 Å². The van der Waals surface area contributed by atoms with Crippen LogP contribution in [0.15, 0.2) is 27.6 Å². The normalized spacial score (nSPS) is 13.1. The maximum absolute atomic E-state index is 6.10. The van der Waals surface area contributed by atoms with E-state index in [4.69, 9.17) is 5.73 Å². The van der Waals surface area contributed by atoms with Crippen molar-refractivity contribution in [3.05, 3.63) is 39.0 Å².